The van der Waals surface area contributed by atoms with Gasteiger partial charge in [0, 0.05) is 0 Å². The van der Waals surface area contributed by atoms with E-state index < -0.39 is 0 Å². The van der Waals surface area contributed by atoms with E-state index in [0.29, 0.717) is 0 Å². The molecule has 0 aromatic carbocycles. The molecule has 68 heavy (non-hydrogen) atoms. The maximum absolute atomic E-state index is 3.82. The van der Waals surface area contributed by atoms with Gasteiger partial charge in [-0.25, -0.2) is 0 Å². The fourth-order valence-electron chi connectivity index (χ4n) is 11.3. The molecule has 0 saturated heterocycles. The molecular formula is C68H136. The van der Waals surface area contributed by atoms with Gasteiger partial charge in [0.1, 0.15) is 0 Å². The first kappa shape index (κ1) is 67.7. The molecule has 0 aliphatic carbocycles. The Labute approximate surface area is 435 Å². The molecule has 0 spiro atoms. The van der Waals surface area contributed by atoms with Crippen LogP contribution in [0.25, 0.3) is 0 Å². The maximum Gasteiger partial charge on any atom is -0.0353 e. The molecule has 0 heteroatoms. The van der Waals surface area contributed by atoms with E-state index >= 15 is 0 Å². The molecule has 0 fully saturated rings. The average molecular weight is 954 g/mol. The molecule has 0 heterocycles. The van der Waals surface area contributed by atoms with Crippen molar-refractivity contribution in [2.24, 2.45) is 0 Å². The van der Waals surface area contributed by atoms with Gasteiger partial charge in [0.2, 0.25) is 0 Å². The van der Waals surface area contributed by atoms with E-state index in [2.05, 4.69) is 19.6 Å². The zero-order chi connectivity index (χ0) is 48.7. The summed E-state index contributed by atoms with van der Waals surface area (Å²) in [5, 5.41) is 0. The van der Waals surface area contributed by atoms with Gasteiger partial charge in [-0.05, 0) is 12.8 Å². The van der Waals surface area contributed by atoms with E-state index in [0.717, 1.165) is 0 Å². The summed E-state index contributed by atoms with van der Waals surface area (Å²) in [6.07, 6.45) is 98.4. The highest BCUT2D eigenvalue weighted by Gasteiger charge is 2.00. The van der Waals surface area contributed by atoms with Crippen molar-refractivity contribution in [3.8, 4) is 0 Å². The van der Waals surface area contributed by atoms with Gasteiger partial charge in [-0.15, -0.1) is 6.58 Å². The third-order valence-electron chi connectivity index (χ3n) is 16.3. The molecule has 408 valence electrons. The van der Waals surface area contributed by atoms with E-state index in [-0.39, 0.29) is 0 Å². The van der Waals surface area contributed by atoms with Crippen LogP contribution in [-0.2, 0) is 0 Å². The Kier molecular flexibility index (Phi) is 66.5. The zero-order valence-electron chi connectivity index (χ0n) is 48.2. The Morgan fingerprint density at radius 1 is 0.147 bits per heavy atom. The lowest BCUT2D eigenvalue weighted by Crippen LogP contribution is -1.85. The molecule has 0 unspecified atom stereocenters. The van der Waals surface area contributed by atoms with E-state index in [1.54, 1.807) is 0 Å². The van der Waals surface area contributed by atoms with Crippen LogP contribution < -0.4 is 0 Å². The van der Waals surface area contributed by atoms with Crippen LogP contribution in [0.1, 0.15) is 424 Å². The van der Waals surface area contributed by atoms with E-state index in [1.165, 1.54) is 417 Å². The summed E-state index contributed by atoms with van der Waals surface area (Å²) in [5.41, 5.74) is 0. The lowest BCUT2D eigenvalue weighted by molar-refractivity contribution is 0.506. The van der Waals surface area contributed by atoms with Crippen molar-refractivity contribution < 1.29 is 0 Å². The number of hydrogen-bond acceptors (Lipinski definition) is 0. The maximum atomic E-state index is 3.82. The highest BCUT2D eigenvalue weighted by atomic mass is 14.1. The smallest absolute Gasteiger partial charge is 0.0353 e. The van der Waals surface area contributed by atoms with Crippen molar-refractivity contribution in [1.29, 1.82) is 0 Å². The largest absolute Gasteiger partial charge is 0.103 e. The van der Waals surface area contributed by atoms with E-state index in [1.807, 2.05) is 0 Å². The highest BCUT2D eigenvalue weighted by Crippen LogP contribution is 2.20. The molecule has 0 bridgehead atoms. The molecule has 0 amide bonds. The molecule has 0 aliphatic heterocycles. The van der Waals surface area contributed by atoms with Crippen molar-refractivity contribution in [1.82, 2.24) is 0 Å². The summed E-state index contributed by atoms with van der Waals surface area (Å²) in [6.45, 7) is 6.14. The van der Waals surface area contributed by atoms with E-state index in [4.69, 9.17) is 0 Å². The van der Waals surface area contributed by atoms with Crippen molar-refractivity contribution in [2.45, 2.75) is 424 Å². The monoisotopic (exact) mass is 953 g/mol. The SMILES string of the molecule is C=CCCCCCCCCCCCCCCCCCCCCCCCCCCCCCCCCCCCCCCCCCCCCCCCCCCCCCCCCCCCCCCCCCC. The van der Waals surface area contributed by atoms with E-state index in [9.17, 15) is 0 Å². The topological polar surface area (TPSA) is 0 Å². The molecule has 0 nitrogen and oxygen atoms in total. The van der Waals surface area contributed by atoms with Gasteiger partial charge in [-0.2, -0.15) is 0 Å². The molecule has 0 aromatic heterocycles. The predicted molar refractivity (Wildman–Crippen MR) is 316 cm³/mol. The molecule has 0 rings (SSSR count). The second-order valence-corrected chi connectivity index (χ2v) is 23.4. The Morgan fingerprint density at radius 3 is 0.324 bits per heavy atom. The fraction of sp³-hybridized carbons (Fsp3) is 0.971. The normalized spacial score (nSPS) is 11.7. The average Bonchev–Trinajstić information content (AvgIpc) is 3.35. The Balaban J connectivity index is 3.07. The number of hydrogen-bond donors (Lipinski definition) is 0. The van der Waals surface area contributed by atoms with Gasteiger partial charge < -0.3 is 0 Å². The first-order valence-electron chi connectivity index (χ1n) is 33.5. The van der Waals surface area contributed by atoms with Gasteiger partial charge in [0.25, 0.3) is 0 Å². The van der Waals surface area contributed by atoms with Crippen LogP contribution in [0.15, 0.2) is 12.7 Å². The minimum absolute atomic E-state index is 1.21. The van der Waals surface area contributed by atoms with Crippen molar-refractivity contribution in [3.63, 3.8) is 0 Å². The number of rotatable bonds is 65. The lowest BCUT2D eigenvalue weighted by atomic mass is 10.0. The quantitative estimate of drug-likeness (QED) is 0.0421. The van der Waals surface area contributed by atoms with Crippen LogP contribution in [0.3, 0.4) is 0 Å². The van der Waals surface area contributed by atoms with Gasteiger partial charge in [-0.1, -0.05) is 418 Å². The van der Waals surface area contributed by atoms with Gasteiger partial charge in [0.15, 0.2) is 0 Å². The van der Waals surface area contributed by atoms with Crippen LogP contribution in [-0.4, -0.2) is 0 Å². The number of unbranched alkanes of at least 4 members (excludes halogenated alkanes) is 64. The summed E-state index contributed by atoms with van der Waals surface area (Å²) in [5.74, 6) is 0. The summed E-state index contributed by atoms with van der Waals surface area (Å²) in [7, 11) is 0. The molecular weight excluding hydrogens is 817 g/mol. The Hall–Kier alpha value is -0.260. The third kappa shape index (κ3) is 65.7. The predicted octanol–water partition coefficient (Wildman–Crippen LogP) is 26.5. The molecule has 0 atom stereocenters. The zero-order valence-corrected chi connectivity index (χ0v) is 48.2. The molecule has 0 aromatic rings. The molecule has 0 N–H and O–H groups in total. The minimum Gasteiger partial charge on any atom is -0.103 e. The summed E-state index contributed by atoms with van der Waals surface area (Å²) < 4.78 is 0. The second kappa shape index (κ2) is 66.7. The first-order chi connectivity index (χ1) is 33.9. The standard InChI is InChI=1S/C68H136/c1-3-5-7-9-11-13-15-17-19-21-23-25-27-29-31-33-35-37-39-41-43-45-47-49-51-53-55-57-59-61-63-65-67-68-66-64-62-60-58-56-54-52-50-48-46-44-42-40-38-36-34-32-30-28-26-24-22-20-18-16-14-12-10-8-6-4-2/h3H,1,4-68H2,2H3. The van der Waals surface area contributed by atoms with Gasteiger partial charge in [0.05, 0.1) is 0 Å². The fourth-order valence-corrected chi connectivity index (χ4v) is 11.3. The number of allylic oxidation sites excluding steroid dienone is 1. The highest BCUT2D eigenvalue weighted by molar-refractivity contribution is 4.65. The summed E-state index contributed by atoms with van der Waals surface area (Å²) in [6, 6.07) is 0. The van der Waals surface area contributed by atoms with Crippen LogP contribution in [0, 0.1) is 0 Å². The van der Waals surface area contributed by atoms with Crippen LogP contribution in [0.5, 0.6) is 0 Å². The third-order valence-corrected chi connectivity index (χ3v) is 16.3. The van der Waals surface area contributed by atoms with Gasteiger partial charge >= 0.3 is 0 Å². The van der Waals surface area contributed by atoms with Crippen molar-refractivity contribution in [2.75, 3.05) is 0 Å². The van der Waals surface area contributed by atoms with Crippen LogP contribution in [0.2, 0.25) is 0 Å². The summed E-state index contributed by atoms with van der Waals surface area (Å²) >= 11 is 0. The Bertz CT molecular complexity index is 826. The first-order valence-corrected chi connectivity index (χ1v) is 33.5. The van der Waals surface area contributed by atoms with Crippen molar-refractivity contribution in [3.05, 3.63) is 12.7 Å². The summed E-state index contributed by atoms with van der Waals surface area (Å²) in [4.78, 5) is 0. The van der Waals surface area contributed by atoms with Gasteiger partial charge in [-0.3, -0.25) is 0 Å². The minimum atomic E-state index is 1.21. The van der Waals surface area contributed by atoms with Crippen LogP contribution >= 0.6 is 0 Å². The van der Waals surface area contributed by atoms with Crippen LogP contribution in [0.4, 0.5) is 0 Å². The molecule has 0 radical (unpaired) electrons. The molecule has 0 aliphatic rings. The Morgan fingerprint density at radius 2 is 0.235 bits per heavy atom. The second-order valence-electron chi connectivity index (χ2n) is 23.4. The molecule has 0 saturated carbocycles. The van der Waals surface area contributed by atoms with Crippen molar-refractivity contribution >= 4 is 0 Å². The lowest BCUT2D eigenvalue weighted by Gasteiger charge is -2.05.